The van der Waals surface area contributed by atoms with E-state index in [4.69, 9.17) is 16.5 Å². The summed E-state index contributed by atoms with van der Waals surface area (Å²) in [6, 6.07) is 13.9. The zero-order chi connectivity index (χ0) is 19.4. The molecule has 0 radical (unpaired) electrons. The summed E-state index contributed by atoms with van der Waals surface area (Å²) >= 11 is 0. The van der Waals surface area contributed by atoms with Crippen LogP contribution in [0.2, 0.25) is 0 Å². The summed E-state index contributed by atoms with van der Waals surface area (Å²) in [4.78, 5) is 21.2. The van der Waals surface area contributed by atoms with Gasteiger partial charge in [-0.1, -0.05) is 24.3 Å². The number of rotatable bonds is 3. The Morgan fingerprint density at radius 2 is 1.93 bits per heavy atom. The number of carbonyl (C=O) groups excluding carboxylic acids is 1. The van der Waals surface area contributed by atoms with Crippen molar-refractivity contribution in [1.82, 2.24) is 9.55 Å². The molecular formula is C22H21N5O. The number of amides is 1. The van der Waals surface area contributed by atoms with Gasteiger partial charge >= 0.3 is 0 Å². The molecule has 3 aromatic rings. The number of hydrogen-bond acceptors (Lipinski definition) is 4. The number of nitrogens with two attached hydrogens (primary N) is 2. The Hall–Kier alpha value is -3.41. The van der Waals surface area contributed by atoms with E-state index in [0.717, 1.165) is 22.5 Å². The fraction of sp³-hybridized carbons (Fsp3) is 0.227. The van der Waals surface area contributed by atoms with Gasteiger partial charge in [0.1, 0.15) is 6.33 Å². The van der Waals surface area contributed by atoms with Crippen LogP contribution in [-0.2, 0) is 0 Å². The fourth-order valence-electron chi connectivity index (χ4n) is 4.01. The number of anilines is 1. The van der Waals surface area contributed by atoms with Crippen LogP contribution in [0.5, 0.6) is 0 Å². The van der Waals surface area contributed by atoms with Gasteiger partial charge in [-0.05, 0) is 49.4 Å². The zero-order valence-electron chi connectivity index (χ0n) is 15.6. The van der Waals surface area contributed by atoms with E-state index in [9.17, 15) is 4.79 Å². The monoisotopic (exact) mass is 371 g/mol. The van der Waals surface area contributed by atoms with Gasteiger partial charge in [0.15, 0.2) is 5.69 Å². The Labute approximate surface area is 162 Å². The van der Waals surface area contributed by atoms with Crippen molar-refractivity contribution in [3.8, 4) is 5.69 Å². The number of carbonyl (C=O) groups is 1. The van der Waals surface area contributed by atoms with Gasteiger partial charge in [0.05, 0.1) is 23.1 Å². The second-order valence-electron chi connectivity index (χ2n) is 7.50. The fourth-order valence-corrected chi connectivity index (χ4v) is 4.01. The van der Waals surface area contributed by atoms with Crippen molar-refractivity contribution < 1.29 is 4.79 Å². The molecule has 1 saturated carbocycles. The molecule has 1 fully saturated rings. The third kappa shape index (κ3) is 2.52. The Kier molecular flexibility index (Phi) is 3.62. The Morgan fingerprint density at radius 1 is 1.14 bits per heavy atom. The minimum absolute atomic E-state index is 0.260. The van der Waals surface area contributed by atoms with Gasteiger partial charge in [-0.25, -0.2) is 4.98 Å². The lowest BCUT2D eigenvalue weighted by Gasteiger charge is -2.14. The van der Waals surface area contributed by atoms with Crippen LogP contribution in [0.3, 0.4) is 0 Å². The van der Waals surface area contributed by atoms with Crippen molar-refractivity contribution >= 4 is 17.3 Å². The summed E-state index contributed by atoms with van der Waals surface area (Å²) in [5.41, 5.74) is 18.5. The molecular weight excluding hydrogens is 350 g/mol. The summed E-state index contributed by atoms with van der Waals surface area (Å²) < 4.78 is 1.94. The van der Waals surface area contributed by atoms with Gasteiger partial charge in [-0.3, -0.25) is 14.4 Å². The van der Waals surface area contributed by atoms with Crippen molar-refractivity contribution in [1.29, 1.82) is 0 Å². The second-order valence-corrected chi connectivity index (χ2v) is 7.50. The van der Waals surface area contributed by atoms with Crippen molar-refractivity contribution in [2.24, 2.45) is 10.7 Å². The molecule has 6 nitrogen and oxygen atoms in total. The number of aromatic nitrogens is 2. The number of para-hydroxylation sites is 1. The van der Waals surface area contributed by atoms with E-state index in [-0.39, 0.29) is 11.7 Å². The van der Waals surface area contributed by atoms with Crippen molar-refractivity contribution in [3.05, 3.63) is 76.9 Å². The van der Waals surface area contributed by atoms with Gasteiger partial charge in [0, 0.05) is 16.8 Å². The maximum atomic E-state index is 11.9. The van der Waals surface area contributed by atoms with E-state index in [1.54, 1.807) is 6.33 Å². The van der Waals surface area contributed by atoms with E-state index in [1.165, 1.54) is 18.4 Å². The van der Waals surface area contributed by atoms with Crippen LogP contribution >= 0.6 is 0 Å². The van der Waals surface area contributed by atoms with Crippen LogP contribution in [0.25, 0.3) is 5.69 Å². The van der Waals surface area contributed by atoms with E-state index in [2.05, 4.69) is 23.2 Å². The summed E-state index contributed by atoms with van der Waals surface area (Å²) in [6.07, 6.45) is 4.10. The third-order valence-electron chi connectivity index (χ3n) is 5.56. The topological polar surface area (TPSA) is 99.3 Å². The Bertz CT molecular complexity index is 1140. The smallest absolute Gasteiger partial charge is 0.269 e. The minimum Gasteiger partial charge on any atom is -0.398 e. The van der Waals surface area contributed by atoms with Crippen molar-refractivity contribution in [2.75, 3.05) is 5.73 Å². The number of fused-ring (bicyclic) bond motifs is 3. The van der Waals surface area contributed by atoms with Crippen LogP contribution in [0, 0.1) is 0 Å². The molecule has 1 aliphatic heterocycles. The van der Waals surface area contributed by atoms with Crippen LogP contribution in [-0.4, -0.2) is 21.2 Å². The number of imidazole rings is 1. The maximum absolute atomic E-state index is 11.9. The number of benzene rings is 2. The molecule has 1 atom stereocenters. The van der Waals surface area contributed by atoms with Gasteiger partial charge < -0.3 is 11.5 Å². The number of nitrogen functional groups attached to an aromatic ring is 1. The van der Waals surface area contributed by atoms with Crippen molar-refractivity contribution in [3.63, 3.8) is 0 Å². The highest BCUT2D eigenvalue weighted by Crippen LogP contribution is 2.42. The summed E-state index contributed by atoms with van der Waals surface area (Å²) in [5.74, 6) is 0.0680. The summed E-state index contributed by atoms with van der Waals surface area (Å²) in [7, 11) is 0. The number of hydrogen-bond donors (Lipinski definition) is 2. The molecule has 1 aromatic heterocycles. The molecule has 6 heteroatoms. The number of primary amides is 1. The Balaban J connectivity index is 1.81. The van der Waals surface area contributed by atoms with E-state index >= 15 is 0 Å². The molecule has 2 aromatic carbocycles. The lowest BCUT2D eigenvalue weighted by molar-refractivity contribution is 0.0994. The quantitative estimate of drug-likeness (QED) is 0.691. The summed E-state index contributed by atoms with van der Waals surface area (Å²) in [5, 5.41) is 0. The minimum atomic E-state index is -0.547. The average Bonchev–Trinajstić information content (AvgIpc) is 3.45. The van der Waals surface area contributed by atoms with Gasteiger partial charge in [-0.2, -0.15) is 0 Å². The molecule has 2 heterocycles. The zero-order valence-corrected chi connectivity index (χ0v) is 15.6. The first kappa shape index (κ1) is 16.7. The summed E-state index contributed by atoms with van der Waals surface area (Å²) in [6.45, 7) is 1.95. The van der Waals surface area contributed by atoms with Crippen LogP contribution in [0.15, 0.2) is 53.8 Å². The van der Waals surface area contributed by atoms with Crippen LogP contribution < -0.4 is 11.5 Å². The number of aliphatic imine (C=N–C) groups is 1. The predicted molar refractivity (Wildman–Crippen MR) is 109 cm³/mol. The molecule has 5 rings (SSSR count). The van der Waals surface area contributed by atoms with E-state index < -0.39 is 5.91 Å². The molecule has 28 heavy (non-hydrogen) atoms. The highest BCUT2D eigenvalue weighted by Gasteiger charge is 2.30. The Morgan fingerprint density at radius 3 is 2.64 bits per heavy atom. The lowest BCUT2D eigenvalue weighted by atomic mass is 9.96. The predicted octanol–water partition coefficient (Wildman–Crippen LogP) is 3.34. The second kappa shape index (κ2) is 6.05. The largest absolute Gasteiger partial charge is 0.398 e. The van der Waals surface area contributed by atoms with Gasteiger partial charge in [-0.15, -0.1) is 0 Å². The normalized spacial score (nSPS) is 18.0. The van der Waals surface area contributed by atoms with E-state index in [1.807, 2.05) is 35.8 Å². The van der Waals surface area contributed by atoms with Crippen molar-refractivity contribution in [2.45, 2.75) is 31.7 Å². The molecule has 4 N–H and O–H groups in total. The molecule has 140 valence electrons. The molecule has 1 aliphatic carbocycles. The standard InChI is InChI=1S/C22H21N5O/c1-12-21-20(22(24)28)25-11-27(21)18-9-8-14(13-6-7-13)10-16(18)19(26-12)15-4-2-3-5-17(15)23/h2-5,8-13H,6-7,23H2,1H3,(H2,24,28). The average molecular weight is 371 g/mol. The van der Waals surface area contributed by atoms with Crippen LogP contribution in [0.4, 0.5) is 5.69 Å². The molecule has 0 saturated heterocycles. The van der Waals surface area contributed by atoms with Gasteiger partial charge in [0.25, 0.3) is 5.91 Å². The van der Waals surface area contributed by atoms with E-state index in [0.29, 0.717) is 17.3 Å². The first-order valence-corrected chi connectivity index (χ1v) is 9.49. The third-order valence-corrected chi connectivity index (χ3v) is 5.56. The molecule has 1 unspecified atom stereocenters. The van der Waals surface area contributed by atoms with Gasteiger partial charge in [0.2, 0.25) is 0 Å². The first-order valence-electron chi connectivity index (χ1n) is 9.49. The maximum Gasteiger partial charge on any atom is 0.269 e. The highest BCUT2D eigenvalue weighted by molar-refractivity contribution is 6.18. The van der Waals surface area contributed by atoms with Crippen LogP contribution in [0.1, 0.15) is 64.6 Å². The highest BCUT2D eigenvalue weighted by atomic mass is 16.1. The first-order chi connectivity index (χ1) is 13.5. The lowest BCUT2D eigenvalue weighted by Crippen LogP contribution is -2.15. The molecule has 0 spiro atoms. The molecule has 0 bridgehead atoms. The molecule has 2 aliphatic rings. The molecule has 1 amide bonds. The number of nitrogens with zero attached hydrogens (tertiary/aromatic N) is 3. The SMILES string of the molecule is CC1N=C(c2ccccc2N)c2cc(C3CC3)ccc2-n2cnc(C(N)=O)c21.